The molecule has 1 fully saturated rings. The van der Waals surface area contributed by atoms with Crippen LogP contribution < -0.4 is 0 Å². The van der Waals surface area contributed by atoms with Crippen molar-refractivity contribution < 1.29 is 9.90 Å². The molecule has 0 radical (unpaired) electrons. The molecule has 0 saturated heterocycles. The normalized spacial score (nSPS) is 15.9. The number of Topliss-reactive ketones (excluding diaryl/α,β-unsaturated/α-hetero) is 1. The molecule has 4 nitrogen and oxygen atoms in total. The van der Waals surface area contributed by atoms with Crippen LogP contribution in [-0.4, -0.2) is 20.9 Å². The van der Waals surface area contributed by atoms with Gasteiger partial charge in [0.2, 0.25) is 0 Å². The first kappa shape index (κ1) is 42.2. The number of rotatable bonds is 9. The van der Waals surface area contributed by atoms with Crippen molar-refractivity contribution in [1.82, 2.24) is 9.97 Å². The van der Waals surface area contributed by atoms with Crippen LogP contribution in [0.4, 0.5) is 0 Å². The SMILES string of the molecule is O=C1C2=C(O)CCCC2CCC1Cc1ccccc1-c1cc(-c2ccccc2-c2ccc(-c3ccc4ccccc4n3)cc2)cc(-c2ccccc2-c2ccc(-c3ccc4ccccc4n3)cc2)c1. The molecule has 332 valence electrons. The van der Waals surface area contributed by atoms with Crippen molar-refractivity contribution >= 4 is 27.6 Å². The van der Waals surface area contributed by atoms with E-state index in [-0.39, 0.29) is 17.6 Å². The number of carbonyl (C=O) groups is 1. The summed E-state index contributed by atoms with van der Waals surface area (Å²) in [6.07, 6.45) is 4.97. The predicted molar refractivity (Wildman–Crippen MR) is 284 cm³/mol. The highest BCUT2D eigenvalue weighted by atomic mass is 16.3. The molecule has 10 aromatic rings. The van der Waals surface area contributed by atoms with Crippen molar-refractivity contribution in [1.29, 1.82) is 0 Å². The van der Waals surface area contributed by atoms with Gasteiger partial charge in [0.25, 0.3) is 0 Å². The van der Waals surface area contributed by atoms with Crippen LogP contribution in [0.3, 0.4) is 0 Å². The Morgan fingerprint density at radius 3 is 1.39 bits per heavy atom. The van der Waals surface area contributed by atoms with Crippen molar-refractivity contribution in [3.63, 3.8) is 0 Å². The fourth-order valence-electron chi connectivity index (χ4n) is 11.0. The number of aromatic nitrogens is 2. The molecular formula is C65H50N2O2. The van der Waals surface area contributed by atoms with Gasteiger partial charge in [-0.05, 0) is 142 Å². The molecule has 12 rings (SSSR count). The minimum absolute atomic E-state index is 0.139. The largest absolute Gasteiger partial charge is 0.512 e. The zero-order valence-corrected chi connectivity index (χ0v) is 38.4. The molecule has 2 aliphatic rings. The number of carbonyl (C=O) groups excluding carboxylic acids is 1. The van der Waals surface area contributed by atoms with Gasteiger partial charge in [0.1, 0.15) is 0 Å². The van der Waals surface area contributed by atoms with Crippen LogP contribution in [0.15, 0.2) is 224 Å². The zero-order valence-electron chi connectivity index (χ0n) is 38.4. The Morgan fingerprint density at radius 2 is 0.855 bits per heavy atom. The van der Waals surface area contributed by atoms with Crippen LogP contribution in [0, 0.1) is 11.8 Å². The Balaban J connectivity index is 0.957. The summed E-state index contributed by atoms with van der Waals surface area (Å²) in [6, 6.07) is 75.5. The molecule has 0 spiro atoms. The van der Waals surface area contributed by atoms with E-state index in [9.17, 15) is 9.90 Å². The van der Waals surface area contributed by atoms with Crippen molar-refractivity contribution in [2.24, 2.45) is 11.8 Å². The average molecular weight is 891 g/mol. The summed E-state index contributed by atoms with van der Waals surface area (Å²) >= 11 is 0. The van der Waals surface area contributed by atoms with E-state index in [0.29, 0.717) is 24.2 Å². The van der Waals surface area contributed by atoms with Crippen LogP contribution in [0.25, 0.3) is 100.0 Å². The van der Waals surface area contributed by atoms with Gasteiger partial charge in [0, 0.05) is 39.8 Å². The highest BCUT2D eigenvalue weighted by Gasteiger charge is 2.37. The molecule has 1 saturated carbocycles. The van der Waals surface area contributed by atoms with Crippen molar-refractivity contribution in [3.8, 4) is 78.1 Å². The number of ketones is 1. The molecule has 1 N–H and O–H groups in total. The molecular weight excluding hydrogens is 841 g/mol. The fourth-order valence-corrected chi connectivity index (χ4v) is 11.0. The number of aliphatic hydroxyl groups excluding tert-OH is 1. The summed E-state index contributed by atoms with van der Waals surface area (Å²) in [5.41, 5.74) is 19.1. The van der Waals surface area contributed by atoms with E-state index in [4.69, 9.17) is 9.97 Å². The molecule has 2 unspecified atom stereocenters. The highest BCUT2D eigenvalue weighted by molar-refractivity contribution is 5.99. The van der Waals surface area contributed by atoms with Crippen molar-refractivity contribution in [2.45, 2.75) is 38.5 Å². The second kappa shape index (κ2) is 18.1. The maximum atomic E-state index is 14.1. The molecule has 2 aromatic heterocycles. The smallest absolute Gasteiger partial charge is 0.165 e. The monoisotopic (exact) mass is 890 g/mol. The summed E-state index contributed by atoms with van der Waals surface area (Å²) in [7, 11) is 0. The minimum atomic E-state index is -0.165. The third kappa shape index (κ3) is 8.23. The van der Waals surface area contributed by atoms with E-state index in [1.54, 1.807) is 0 Å². The lowest BCUT2D eigenvalue weighted by Crippen LogP contribution is -2.32. The molecule has 0 bridgehead atoms. The number of allylic oxidation sites excluding steroid dienone is 2. The molecule has 0 amide bonds. The number of hydrogen-bond donors (Lipinski definition) is 1. The van der Waals surface area contributed by atoms with Gasteiger partial charge in [-0.2, -0.15) is 0 Å². The van der Waals surface area contributed by atoms with Gasteiger partial charge in [-0.1, -0.05) is 170 Å². The summed E-state index contributed by atoms with van der Waals surface area (Å²) in [5, 5.41) is 13.2. The van der Waals surface area contributed by atoms with Crippen LogP contribution >= 0.6 is 0 Å². The van der Waals surface area contributed by atoms with Crippen LogP contribution in [0.1, 0.15) is 37.7 Å². The standard InChI is InChI=1S/C65H50N2O2/c68-63-23-11-15-48-32-33-50(65(69)64(48)63)38-49-14-1-4-16-54(49)51-39-52(57-19-7-5-17-55(57)42-24-28-46(29-25-42)61-36-34-44-12-2-9-21-59(44)66-61)41-53(40-51)58-20-8-6-18-56(58)43-26-30-47(31-27-43)62-37-35-45-13-3-10-22-60(45)67-62/h1-10,12-14,16-22,24-31,34-37,39-41,48,50,68H,11,15,23,32-33,38H2. The van der Waals surface area contributed by atoms with E-state index >= 15 is 0 Å². The van der Waals surface area contributed by atoms with Crippen LogP contribution in [0.2, 0.25) is 0 Å². The summed E-state index contributed by atoms with van der Waals surface area (Å²) in [4.78, 5) is 24.1. The van der Waals surface area contributed by atoms with E-state index in [0.717, 1.165) is 131 Å². The number of nitrogens with zero attached hydrogens (tertiary/aromatic N) is 2. The Labute approximate surface area is 403 Å². The number of benzene rings is 8. The quantitative estimate of drug-likeness (QED) is 0.157. The maximum Gasteiger partial charge on any atom is 0.165 e. The molecule has 0 aliphatic heterocycles. The lowest BCUT2D eigenvalue weighted by atomic mass is 9.70. The van der Waals surface area contributed by atoms with Crippen LogP contribution in [0.5, 0.6) is 0 Å². The predicted octanol–water partition coefficient (Wildman–Crippen LogP) is 16.6. The van der Waals surface area contributed by atoms with Gasteiger partial charge in [-0.25, -0.2) is 9.97 Å². The van der Waals surface area contributed by atoms with Gasteiger partial charge < -0.3 is 5.11 Å². The molecule has 8 aromatic carbocycles. The molecule has 2 heterocycles. The first-order chi connectivity index (χ1) is 34.0. The molecule has 69 heavy (non-hydrogen) atoms. The third-order valence-electron chi connectivity index (χ3n) is 14.6. The molecule has 4 heteroatoms. The number of para-hydroxylation sites is 2. The first-order valence-corrected chi connectivity index (χ1v) is 24.3. The van der Waals surface area contributed by atoms with Gasteiger partial charge in [-0.3, -0.25) is 4.79 Å². The number of pyridine rings is 2. The van der Waals surface area contributed by atoms with Crippen molar-refractivity contribution in [2.75, 3.05) is 0 Å². The summed E-state index contributed by atoms with van der Waals surface area (Å²) in [6.45, 7) is 0. The Bertz CT molecular complexity index is 3420. The van der Waals surface area contributed by atoms with Crippen molar-refractivity contribution in [3.05, 3.63) is 229 Å². The van der Waals surface area contributed by atoms with E-state index in [2.05, 4.69) is 188 Å². The Morgan fingerprint density at radius 1 is 0.420 bits per heavy atom. The zero-order chi connectivity index (χ0) is 46.3. The third-order valence-corrected chi connectivity index (χ3v) is 14.6. The van der Waals surface area contributed by atoms with E-state index < -0.39 is 0 Å². The second-order valence-corrected chi connectivity index (χ2v) is 18.8. The lowest BCUT2D eigenvalue weighted by Gasteiger charge is -2.33. The summed E-state index contributed by atoms with van der Waals surface area (Å²) < 4.78 is 0. The highest BCUT2D eigenvalue weighted by Crippen LogP contribution is 2.44. The maximum absolute atomic E-state index is 14.1. The average Bonchev–Trinajstić information content (AvgIpc) is 3.41. The first-order valence-electron chi connectivity index (χ1n) is 24.3. The Hall–Kier alpha value is -8.21. The summed E-state index contributed by atoms with van der Waals surface area (Å²) in [5.74, 6) is 0.488. The minimum Gasteiger partial charge on any atom is -0.512 e. The fraction of sp³-hybridized carbons (Fsp3) is 0.123. The van der Waals surface area contributed by atoms with Gasteiger partial charge >= 0.3 is 0 Å². The van der Waals surface area contributed by atoms with E-state index in [1.807, 2.05) is 24.3 Å². The van der Waals surface area contributed by atoms with E-state index in [1.165, 1.54) is 0 Å². The van der Waals surface area contributed by atoms with Crippen LogP contribution in [-0.2, 0) is 11.2 Å². The lowest BCUT2D eigenvalue weighted by molar-refractivity contribution is -0.121. The second-order valence-electron chi connectivity index (χ2n) is 18.8. The van der Waals surface area contributed by atoms with Gasteiger partial charge in [0.15, 0.2) is 5.78 Å². The van der Waals surface area contributed by atoms with Gasteiger partial charge in [0.05, 0.1) is 28.2 Å². The topological polar surface area (TPSA) is 63.1 Å². The molecule has 2 aliphatic carbocycles. The van der Waals surface area contributed by atoms with Gasteiger partial charge in [-0.15, -0.1) is 0 Å². The Kier molecular flexibility index (Phi) is 11.1. The number of aliphatic hydroxyl groups is 1. The number of fused-ring (bicyclic) bond motifs is 3. The molecule has 2 atom stereocenters. The number of hydrogen-bond acceptors (Lipinski definition) is 4.